The molecule has 4 nitrogen and oxygen atoms in total. The zero-order valence-corrected chi connectivity index (χ0v) is 11.9. The molecular formula is C16H23NO3. The number of nitrogens with one attached hydrogen (secondary N) is 1. The van der Waals surface area contributed by atoms with E-state index >= 15 is 0 Å². The number of carboxylic acid groups (broad SMARTS) is 1. The number of carbonyl (C=O) groups excluding carboxylic acids is 1. The van der Waals surface area contributed by atoms with Crippen LogP contribution in [-0.2, 0) is 9.59 Å². The van der Waals surface area contributed by atoms with Crippen molar-refractivity contribution in [3.63, 3.8) is 0 Å². The van der Waals surface area contributed by atoms with Crippen molar-refractivity contribution < 1.29 is 14.7 Å². The molecule has 2 fully saturated rings. The summed E-state index contributed by atoms with van der Waals surface area (Å²) in [6, 6.07) is 0.169. The molecule has 0 aromatic rings. The summed E-state index contributed by atoms with van der Waals surface area (Å²) in [5, 5.41) is 12.5. The van der Waals surface area contributed by atoms with Crippen molar-refractivity contribution in [1.82, 2.24) is 5.32 Å². The van der Waals surface area contributed by atoms with Gasteiger partial charge in [-0.3, -0.25) is 9.59 Å². The van der Waals surface area contributed by atoms with Crippen molar-refractivity contribution in [2.24, 2.45) is 29.6 Å². The number of fused-ring (bicyclic) bond motifs is 2. The van der Waals surface area contributed by atoms with Gasteiger partial charge in [0, 0.05) is 6.04 Å². The van der Waals surface area contributed by atoms with Gasteiger partial charge < -0.3 is 10.4 Å². The molecule has 20 heavy (non-hydrogen) atoms. The molecule has 2 N–H and O–H groups in total. The molecule has 0 aliphatic heterocycles. The fourth-order valence-corrected chi connectivity index (χ4v) is 4.41. The maximum atomic E-state index is 12.5. The summed E-state index contributed by atoms with van der Waals surface area (Å²) >= 11 is 0. The molecule has 2 bridgehead atoms. The van der Waals surface area contributed by atoms with E-state index in [0.717, 1.165) is 6.42 Å². The summed E-state index contributed by atoms with van der Waals surface area (Å²) in [4.78, 5) is 23.9. The van der Waals surface area contributed by atoms with Gasteiger partial charge in [0.1, 0.15) is 0 Å². The molecule has 0 heterocycles. The van der Waals surface area contributed by atoms with Gasteiger partial charge in [-0.25, -0.2) is 0 Å². The lowest BCUT2D eigenvalue weighted by atomic mass is 9.82. The Balaban J connectivity index is 1.67. The monoisotopic (exact) mass is 277 g/mol. The molecule has 3 aliphatic carbocycles. The molecule has 0 aromatic carbocycles. The molecule has 4 heteroatoms. The lowest BCUT2D eigenvalue weighted by Crippen LogP contribution is -2.45. The van der Waals surface area contributed by atoms with Gasteiger partial charge in [-0.2, -0.15) is 0 Å². The zero-order valence-electron chi connectivity index (χ0n) is 11.9. The highest BCUT2D eigenvalue weighted by Crippen LogP contribution is 2.48. The Hall–Kier alpha value is -1.32. The van der Waals surface area contributed by atoms with E-state index < -0.39 is 11.9 Å². The second kappa shape index (κ2) is 5.23. The Morgan fingerprint density at radius 3 is 2.35 bits per heavy atom. The molecule has 0 saturated heterocycles. The summed E-state index contributed by atoms with van der Waals surface area (Å²) < 4.78 is 0. The normalized spacial score (nSPS) is 37.2. The SMILES string of the molecule is C[C@@H](NC(=O)C1C2C=CC(C2)C1C(=O)O)C1CCCC1. The summed E-state index contributed by atoms with van der Waals surface area (Å²) in [6.07, 6.45) is 9.70. The van der Waals surface area contributed by atoms with Crippen LogP contribution in [-0.4, -0.2) is 23.0 Å². The van der Waals surface area contributed by atoms with E-state index in [2.05, 4.69) is 12.2 Å². The van der Waals surface area contributed by atoms with E-state index in [9.17, 15) is 14.7 Å². The topological polar surface area (TPSA) is 66.4 Å². The first kappa shape index (κ1) is 13.7. The molecule has 2 saturated carbocycles. The Kier molecular flexibility index (Phi) is 3.57. The lowest BCUT2D eigenvalue weighted by molar-refractivity contribution is -0.148. The van der Waals surface area contributed by atoms with Crippen molar-refractivity contribution in [2.75, 3.05) is 0 Å². The Bertz CT molecular complexity index is 439. The van der Waals surface area contributed by atoms with Crippen molar-refractivity contribution in [3.8, 4) is 0 Å². The highest BCUT2D eigenvalue weighted by atomic mass is 16.4. The second-order valence-corrected chi connectivity index (χ2v) is 6.68. The largest absolute Gasteiger partial charge is 0.481 e. The standard InChI is InChI=1S/C16H23NO3/c1-9(10-4-2-3-5-10)17-15(18)13-11-6-7-12(8-11)14(13)16(19)20/h6-7,9-14H,2-5,8H2,1H3,(H,17,18)(H,19,20)/t9-,11?,12?,13?,14?/m1/s1. The minimum atomic E-state index is -0.824. The third-order valence-electron chi connectivity index (χ3n) is 5.52. The number of hydrogen-bond donors (Lipinski definition) is 2. The van der Waals surface area contributed by atoms with Crippen molar-refractivity contribution in [3.05, 3.63) is 12.2 Å². The minimum Gasteiger partial charge on any atom is -0.481 e. The van der Waals surface area contributed by atoms with E-state index in [-0.39, 0.29) is 29.7 Å². The maximum Gasteiger partial charge on any atom is 0.307 e. The second-order valence-electron chi connectivity index (χ2n) is 6.68. The van der Waals surface area contributed by atoms with Crippen LogP contribution in [0.2, 0.25) is 0 Å². The van der Waals surface area contributed by atoms with Crippen molar-refractivity contribution in [1.29, 1.82) is 0 Å². The first-order valence-corrected chi connectivity index (χ1v) is 7.79. The van der Waals surface area contributed by atoms with Crippen LogP contribution < -0.4 is 5.32 Å². The van der Waals surface area contributed by atoms with Gasteiger partial charge >= 0.3 is 5.97 Å². The van der Waals surface area contributed by atoms with Crippen LogP contribution in [0.25, 0.3) is 0 Å². The molecular weight excluding hydrogens is 254 g/mol. The number of aliphatic carboxylic acids is 1. The Labute approximate surface area is 119 Å². The summed E-state index contributed by atoms with van der Waals surface area (Å²) in [5.41, 5.74) is 0. The molecule has 3 rings (SSSR count). The molecule has 110 valence electrons. The van der Waals surface area contributed by atoms with Gasteiger partial charge in [-0.15, -0.1) is 0 Å². The quantitative estimate of drug-likeness (QED) is 0.774. The number of allylic oxidation sites excluding steroid dienone is 2. The summed E-state index contributed by atoms with van der Waals surface area (Å²) in [5.74, 6) is -1.03. The maximum absolute atomic E-state index is 12.5. The van der Waals surface area contributed by atoms with Gasteiger partial charge in [0.2, 0.25) is 5.91 Å². The molecule has 4 unspecified atom stereocenters. The van der Waals surface area contributed by atoms with Crippen LogP contribution in [0, 0.1) is 29.6 Å². The average Bonchev–Trinajstić information content (AvgIpc) is 3.13. The van der Waals surface area contributed by atoms with E-state index in [0.29, 0.717) is 5.92 Å². The number of carboxylic acids is 1. The number of hydrogen-bond acceptors (Lipinski definition) is 2. The van der Waals surface area contributed by atoms with Crippen LogP contribution in [0.5, 0.6) is 0 Å². The first-order chi connectivity index (χ1) is 9.58. The number of carbonyl (C=O) groups is 2. The van der Waals surface area contributed by atoms with Crippen LogP contribution in [0.1, 0.15) is 39.0 Å². The third-order valence-corrected chi connectivity index (χ3v) is 5.52. The van der Waals surface area contributed by atoms with Crippen LogP contribution >= 0.6 is 0 Å². The summed E-state index contributed by atoms with van der Waals surface area (Å²) in [6.45, 7) is 2.06. The highest BCUT2D eigenvalue weighted by molar-refractivity contribution is 5.87. The smallest absolute Gasteiger partial charge is 0.307 e. The van der Waals surface area contributed by atoms with E-state index in [4.69, 9.17) is 0 Å². The summed E-state index contributed by atoms with van der Waals surface area (Å²) in [7, 11) is 0. The number of amides is 1. The fourth-order valence-electron chi connectivity index (χ4n) is 4.41. The van der Waals surface area contributed by atoms with Crippen LogP contribution in [0.3, 0.4) is 0 Å². The van der Waals surface area contributed by atoms with Gasteiger partial charge in [-0.05, 0) is 43.9 Å². The lowest BCUT2D eigenvalue weighted by Gasteiger charge is -2.27. The van der Waals surface area contributed by atoms with E-state index in [1.54, 1.807) is 0 Å². The Morgan fingerprint density at radius 2 is 1.75 bits per heavy atom. The predicted octanol–water partition coefficient (Wildman–Crippen LogP) is 2.20. The first-order valence-electron chi connectivity index (χ1n) is 7.79. The van der Waals surface area contributed by atoms with Gasteiger partial charge in [0.25, 0.3) is 0 Å². The third kappa shape index (κ3) is 2.25. The Morgan fingerprint density at radius 1 is 1.15 bits per heavy atom. The van der Waals surface area contributed by atoms with Crippen LogP contribution in [0.15, 0.2) is 12.2 Å². The molecule has 1 amide bonds. The molecule has 0 radical (unpaired) electrons. The average molecular weight is 277 g/mol. The highest BCUT2D eigenvalue weighted by Gasteiger charge is 2.51. The molecule has 5 atom stereocenters. The molecule has 0 aromatic heterocycles. The zero-order chi connectivity index (χ0) is 14.3. The predicted molar refractivity (Wildman–Crippen MR) is 74.9 cm³/mol. The van der Waals surface area contributed by atoms with Gasteiger partial charge in [0.15, 0.2) is 0 Å². The fraction of sp³-hybridized carbons (Fsp3) is 0.750. The van der Waals surface area contributed by atoms with Crippen LogP contribution in [0.4, 0.5) is 0 Å². The minimum absolute atomic E-state index is 0.0475. The van der Waals surface area contributed by atoms with Crippen molar-refractivity contribution >= 4 is 11.9 Å². The van der Waals surface area contributed by atoms with E-state index in [1.165, 1.54) is 25.7 Å². The number of rotatable bonds is 4. The van der Waals surface area contributed by atoms with E-state index in [1.807, 2.05) is 12.2 Å². The molecule has 0 spiro atoms. The van der Waals surface area contributed by atoms with Crippen molar-refractivity contribution in [2.45, 2.75) is 45.1 Å². The van der Waals surface area contributed by atoms with Gasteiger partial charge in [-0.1, -0.05) is 25.0 Å². The van der Waals surface area contributed by atoms with Gasteiger partial charge in [0.05, 0.1) is 11.8 Å². The molecule has 3 aliphatic rings.